The Bertz CT molecular complexity index is 498. The van der Waals surface area contributed by atoms with Crippen LogP contribution in [-0.4, -0.2) is 11.2 Å². The zero-order valence-electron chi connectivity index (χ0n) is 10.1. The van der Waals surface area contributed by atoms with Crippen LogP contribution in [0.1, 0.15) is 18.2 Å². The van der Waals surface area contributed by atoms with Crippen LogP contribution >= 0.6 is 11.6 Å². The minimum Gasteiger partial charge on any atom is -0.484 e. The number of nitrogens with two attached hydrogens (primary N) is 1. The fraction of sp³-hybridized carbons (Fsp3) is 0.308. The Balaban J connectivity index is 2.14. The Morgan fingerprint density at radius 2 is 2.28 bits per heavy atom. The summed E-state index contributed by atoms with van der Waals surface area (Å²) >= 11 is 6.14. The van der Waals surface area contributed by atoms with E-state index >= 15 is 0 Å². The van der Waals surface area contributed by atoms with Gasteiger partial charge in [0.2, 0.25) is 0 Å². The van der Waals surface area contributed by atoms with Gasteiger partial charge in [0.05, 0.1) is 11.2 Å². The second kappa shape index (κ2) is 5.89. The van der Waals surface area contributed by atoms with Gasteiger partial charge in [0.25, 0.3) is 0 Å². The predicted molar refractivity (Wildman–Crippen MR) is 69.6 cm³/mol. The molecule has 1 heterocycles. The zero-order chi connectivity index (χ0) is 13.0. The number of ether oxygens (including phenoxy) is 1. The summed E-state index contributed by atoms with van der Waals surface area (Å²) < 4.78 is 10.7. The standard InChI is InChI=1S/C13H15ClN2O2/c1-9(15)7-10-3-2-4-12(14)13(10)17-8-11-5-6-16-18-11/h2-6,9H,7-8,15H2,1H3. The van der Waals surface area contributed by atoms with Crippen molar-refractivity contribution in [1.82, 2.24) is 5.16 Å². The van der Waals surface area contributed by atoms with Gasteiger partial charge in [-0.3, -0.25) is 0 Å². The van der Waals surface area contributed by atoms with Crippen molar-refractivity contribution in [1.29, 1.82) is 0 Å². The highest BCUT2D eigenvalue weighted by Crippen LogP contribution is 2.30. The number of rotatable bonds is 5. The van der Waals surface area contributed by atoms with Gasteiger partial charge in [0, 0.05) is 12.1 Å². The van der Waals surface area contributed by atoms with Crippen LogP contribution in [0.25, 0.3) is 0 Å². The maximum absolute atomic E-state index is 6.14. The van der Waals surface area contributed by atoms with Crippen LogP contribution in [0.3, 0.4) is 0 Å². The van der Waals surface area contributed by atoms with Crippen LogP contribution in [0.4, 0.5) is 0 Å². The average Bonchev–Trinajstić information content (AvgIpc) is 2.80. The van der Waals surface area contributed by atoms with Gasteiger partial charge in [-0.15, -0.1) is 0 Å². The normalized spacial score (nSPS) is 12.4. The molecule has 2 aromatic rings. The second-order valence-electron chi connectivity index (χ2n) is 4.18. The summed E-state index contributed by atoms with van der Waals surface area (Å²) in [5.74, 6) is 1.31. The highest BCUT2D eigenvalue weighted by molar-refractivity contribution is 6.32. The van der Waals surface area contributed by atoms with E-state index in [4.69, 9.17) is 26.6 Å². The molecule has 2 rings (SSSR count). The fourth-order valence-corrected chi connectivity index (χ4v) is 1.93. The number of hydrogen-bond acceptors (Lipinski definition) is 4. The van der Waals surface area contributed by atoms with Crippen molar-refractivity contribution >= 4 is 11.6 Å². The molecule has 96 valence electrons. The summed E-state index contributed by atoms with van der Waals surface area (Å²) in [6.07, 6.45) is 2.29. The third-order valence-corrected chi connectivity index (χ3v) is 2.74. The van der Waals surface area contributed by atoms with Gasteiger partial charge in [0.15, 0.2) is 5.76 Å². The van der Waals surface area contributed by atoms with E-state index in [0.29, 0.717) is 29.6 Å². The number of halogens is 1. The lowest BCUT2D eigenvalue weighted by molar-refractivity contribution is 0.247. The molecule has 18 heavy (non-hydrogen) atoms. The molecule has 1 unspecified atom stereocenters. The third-order valence-electron chi connectivity index (χ3n) is 2.44. The molecule has 0 bridgehead atoms. The quantitative estimate of drug-likeness (QED) is 0.904. The van der Waals surface area contributed by atoms with Crippen LogP contribution in [0.5, 0.6) is 5.75 Å². The SMILES string of the molecule is CC(N)Cc1cccc(Cl)c1OCc1ccno1. The lowest BCUT2D eigenvalue weighted by Gasteiger charge is -2.13. The van der Waals surface area contributed by atoms with Gasteiger partial charge < -0.3 is 15.0 Å². The largest absolute Gasteiger partial charge is 0.484 e. The summed E-state index contributed by atoms with van der Waals surface area (Å²) in [6.45, 7) is 2.25. The van der Waals surface area contributed by atoms with Crippen molar-refractivity contribution in [3.05, 3.63) is 46.8 Å². The van der Waals surface area contributed by atoms with E-state index in [9.17, 15) is 0 Å². The van der Waals surface area contributed by atoms with E-state index in [1.54, 1.807) is 18.3 Å². The smallest absolute Gasteiger partial charge is 0.174 e. The highest BCUT2D eigenvalue weighted by atomic mass is 35.5. The van der Waals surface area contributed by atoms with E-state index in [1.165, 1.54) is 0 Å². The molecule has 0 aliphatic carbocycles. The number of para-hydroxylation sites is 1. The Morgan fingerprint density at radius 1 is 1.44 bits per heavy atom. The van der Waals surface area contributed by atoms with Gasteiger partial charge in [-0.1, -0.05) is 28.9 Å². The fourth-order valence-electron chi connectivity index (χ4n) is 1.68. The lowest BCUT2D eigenvalue weighted by atomic mass is 10.1. The Kier molecular flexibility index (Phi) is 4.23. The van der Waals surface area contributed by atoms with E-state index in [-0.39, 0.29) is 6.04 Å². The van der Waals surface area contributed by atoms with Crippen LogP contribution in [0.15, 0.2) is 35.0 Å². The zero-order valence-corrected chi connectivity index (χ0v) is 10.9. The van der Waals surface area contributed by atoms with Crippen molar-refractivity contribution in [3.63, 3.8) is 0 Å². The minimum absolute atomic E-state index is 0.0519. The van der Waals surface area contributed by atoms with Crippen molar-refractivity contribution in [2.45, 2.75) is 26.0 Å². The Morgan fingerprint density at radius 3 is 2.94 bits per heavy atom. The average molecular weight is 267 g/mol. The van der Waals surface area contributed by atoms with Gasteiger partial charge in [-0.25, -0.2) is 0 Å². The molecule has 0 spiro atoms. The molecular formula is C13H15ClN2O2. The summed E-state index contributed by atoms with van der Waals surface area (Å²) in [7, 11) is 0. The van der Waals surface area contributed by atoms with E-state index in [1.807, 2.05) is 19.1 Å². The molecule has 2 N–H and O–H groups in total. The topological polar surface area (TPSA) is 61.3 Å². The van der Waals surface area contributed by atoms with Gasteiger partial charge in [0.1, 0.15) is 12.4 Å². The summed E-state index contributed by atoms with van der Waals surface area (Å²) in [4.78, 5) is 0. The monoisotopic (exact) mass is 266 g/mol. The van der Waals surface area contributed by atoms with E-state index in [2.05, 4.69) is 5.16 Å². The first kappa shape index (κ1) is 12.9. The number of benzene rings is 1. The maximum Gasteiger partial charge on any atom is 0.174 e. The molecule has 5 heteroatoms. The van der Waals surface area contributed by atoms with Crippen molar-refractivity contribution in [2.75, 3.05) is 0 Å². The summed E-state index contributed by atoms with van der Waals surface area (Å²) in [6, 6.07) is 7.45. The summed E-state index contributed by atoms with van der Waals surface area (Å²) in [5, 5.41) is 4.20. The molecule has 1 atom stereocenters. The van der Waals surface area contributed by atoms with E-state index in [0.717, 1.165) is 5.56 Å². The molecule has 0 fully saturated rings. The number of hydrogen-bond donors (Lipinski definition) is 1. The van der Waals surface area contributed by atoms with Gasteiger partial charge in [-0.2, -0.15) is 0 Å². The molecule has 0 saturated heterocycles. The van der Waals surface area contributed by atoms with Crippen LogP contribution in [-0.2, 0) is 13.0 Å². The predicted octanol–water partition coefficient (Wildman–Crippen LogP) is 2.80. The van der Waals surface area contributed by atoms with Crippen LogP contribution in [0, 0.1) is 0 Å². The van der Waals surface area contributed by atoms with Crippen molar-refractivity contribution < 1.29 is 9.26 Å². The Hall–Kier alpha value is -1.52. The second-order valence-corrected chi connectivity index (χ2v) is 4.58. The molecule has 0 amide bonds. The summed E-state index contributed by atoms with van der Waals surface area (Å²) in [5.41, 5.74) is 6.80. The molecule has 0 aliphatic heterocycles. The maximum atomic E-state index is 6.14. The first-order valence-electron chi connectivity index (χ1n) is 5.72. The van der Waals surface area contributed by atoms with E-state index < -0.39 is 0 Å². The van der Waals surface area contributed by atoms with Crippen LogP contribution in [0.2, 0.25) is 5.02 Å². The van der Waals surface area contributed by atoms with Gasteiger partial charge in [-0.05, 0) is 25.0 Å². The Labute approximate surface area is 111 Å². The molecule has 0 aliphatic rings. The molecule has 1 aromatic heterocycles. The number of nitrogens with zero attached hydrogens (tertiary/aromatic N) is 1. The lowest BCUT2D eigenvalue weighted by Crippen LogP contribution is -2.18. The van der Waals surface area contributed by atoms with Crippen molar-refractivity contribution in [2.24, 2.45) is 5.73 Å². The minimum atomic E-state index is 0.0519. The number of aromatic nitrogens is 1. The molecular weight excluding hydrogens is 252 g/mol. The highest BCUT2D eigenvalue weighted by Gasteiger charge is 2.11. The third kappa shape index (κ3) is 3.24. The molecule has 1 aromatic carbocycles. The van der Waals surface area contributed by atoms with Gasteiger partial charge >= 0.3 is 0 Å². The molecule has 0 radical (unpaired) electrons. The van der Waals surface area contributed by atoms with Crippen molar-refractivity contribution in [3.8, 4) is 5.75 Å². The molecule has 0 saturated carbocycles. The van der Waals surface area contributed by atoms with Crippen LogP contribution < -0.4 is 10.5 Å². The first-order chi connectivity index (χ1) is 8.66. The molecule has 4 nitrogen and oxygen atoms in total. The first-order valence-corrected chi connectivity index (χ1v) is 6.10.